The van der Waals surface area contributed by atoms with Gasteiger partial charge in [-0.05, 0) is 55.7 Å². The summed E-state index contributed by atoms with van der Waals surface area (Å²) in [4.78, 5) is 45.1. The van der Waals surface area contributed by atoms with E-state index >= 15 is 0 Å². The number of aromatic nitrogens is 1. The predicted molar refractivity (Wildman–Crippen MR) is 213 cm³/mol. The molecule has 0 saturated carbocycles. The molecule has 0 spiro atoms. The highest BCUT2D eigenvalue weighted by atomic mass is 19.4. The summed E-state index contributed by atoms with van der Waals surface area (Å²) in [5.74, 6) is -1.29. The van der Waals surface area contributed by atoms with Crippen molar-refractivity contribution in [3.05, 3.63) is 119 Å². The van der Waals surface area contributed by atoms with Crippen molar-refractivity contribution in [2.45, 2.75) is 51.0 Å². The van der Waals surface area contributed by atoms with Gasteiger partial charge in [-0.25, -0.2) is 4.98 Å². The minimum absolute atomic E-state index is 0.0443. The lowest BCUT2D eigenvalue weighted by Crippen LogP contribution is -2.71. The number of aryl methyl sites for hydroxylation is 2. The van der Waals surface area contributed by atoms with Crippen LogP contribution in [-0.2, 0) is 15.8 Å². The van der Waals surface area contributed by atoms with Gasteiger partial charge in [-0.3, -0.25) is 29.2 Å². The van der Waals surface area contributed by atoms with Crippen molar-refractivity contribution in [2.75, 3.05) is 80.7 Å². The van der Waals surface area contributed by atoms with Gasteiger partial charge in [-0.15, -0.1) is 0 Å². The van der Waals surface area contributed by atoms with Crippen LogP contribution < -0.4 is 14.7 Å². The van der Waals surface area contributed by atoms with Gasteiger partial charge in [0.2, 0.25) is 11.8 Å². The van der Waals surface area contributed by atoms with Crippen LogP contribution in [0.15, 0.2) is 91.0 Å². The topological polar surface area (TPSA) is 66.5 Å². The van der Waals surface area contributed by atoms with Crippen LogP contribution in [-0.4, -0.2) is 109 Å². The van der Waals surface area contributed by atoms with Gasteiger partial charge in [0.25, 0.3) is 0 Å². The fourth-order valence-corrected chi connectivity index (χ4v) is 9.57. The Morgan fingerprint density at radius 1 is 0.839 bits per heavy atom. The van der Waals surface area contributed by atoms with E-state index in [1.807, 2.05) is 25.1 Å². The van der Waals surface area contributed by atoms with E-state index in [1.165, 1.54) is 23.0 Å². The third-order valence-corrected chi connectivity index (χ3v) is 12.4. The second-order valence-corrected chi connectivity index (χ2v) is 16.3. The molecule has 5 heterocycles. The molecule has 8 rings (SSSR count). The fraction of sp³-hybridized carbons (Fsp3) is 0.432. The number of hydrogen-bond acceptors (Lipinski definition) is 7. The third kappa shape index (κ3) is 7.18. The number of rotatable bonds is 8. The first-order chi connectivity index (χ1) is 26.8. The molecule has 0 bridgehead atoms. The van der Waals surface area contributed by atoms with Crippen molar-refractivity contribution in [3.8, 4) is 0 Å². The second kappa shape index (κ2) is 14.9. The van der Waals surface area contributed by atoms with Gasteiger partial charge in [-0.2, -0.15) is 13.2 Å². The van der Waals surface area contributed by atoms with Crippen molar-refractivity contribution in [2.24, 2.45) is 5.92 Å². The molecule has 56 heavy (non-hydrogen) atoms. The van der Waals surface area contributed by atoms with Gasteiger partial charge >= 0.3 is 6.18 Å². The second-order valence-electron chi connectivity index (χ2n) is 16.3. The Morgan fingerprint density at radius 2 is 1.48 bits per heavy atom. The van der Waals surface area contributed by atoms with Crippen molar-refractivity contribution >= 4 is 29.0 Å². The zero-order valence-corrected chi connectivity index (χ0v) is 32.5. The summed E-state index contributed by atoms with van der Waals surface area (Å²) in [5.41, 5.74) is 4.65. The molecule has 12 heteroatoms. The average Bonchev–Trinajstić information content (AvgIpc) is 3.50. The Balaban J connectivity index is 0.961. The Morgan fingerprint density at radius 3 is 2.11 bits per heavy atom. The first-order valence-corrected chi connectivity index (χ1v) is 19.6. The van der Waals surface area contributed by atoms with Crippen molar-refractivity contribution < 1.29 is 22.8 Å². The van der Waals surface area contributed by atoms with Gasteiger partial charge in [-0.1, -0.05) is 72.8 Å². The number of piperazine rings is 1. The molecule has 4 aromatic rings. The molecule has 2 atom stereocenters. The molecule has 4 aliphatic heterocycles. The molecule has 0 radical (unpaired) electrons. The number of likely N-dealkylation sites (tertiary alicyclic amines) is 1. The standard InChI is InChI=1S/C44H50F3N7O2/c1-30-12-11-17-36-39(30)51(27-34-25-38(55)54(41(34)42(56)49(36)4)37-26-35(44(45,46)47)24-31(2)48-37)21-18-50-19-22-53(23-20-50)43(3)28-52(29-43)40(32-13-7-5-8-14-32)33-15-9-6-10-16-33/h5-17,24,26,34,40-41H,18-23,25,27-29H2,1-4H3/t34-,41+/m1/s1. The quantitative estimate of drug-likeness (QED) is 0.206. The molecule has 2 amide bonds. The first kappa shape index (κ1) is 38.1. The number of halogens is 3. The number of amides is 2. The molecular formula is C44H50F3N7O2. The highest BCUT2D eigenvalue weighted by Crippen LogP contribution is 2.42. The molecule has 0 N–H and O–H groups in total. The maximum Gasteiger partial charge on any atom is 0.416 e. The van der Waals surface area contributed by atoms with Crippen LogP contribution in [0.4, 0.5) is 30.4 Å². The van der Waals surface area contributed by atoms with E-state index < -0.39 is 29.6 Å². The SMILES string of the molecule is Cc1cc(C(F)(F)F)cc(N2C(=O)C[C@@H]3CN(CCN4CCN(C5(C)CN(C(c6ccccc6)c6ccccc6)C5)CC4)c4c(C)cccc4N(C)C(=O)[C@H]32)n1. The van der Waals surface area contributed by atoms with Crippen LogP contribution in [0.2, 0.25) is 0 Å². The number of nitrogens with zero attached hydrogens (tertiary/aromatic N) is 7. The summed E-state index contributed by atoms with van der Waals surface area (Å²) in [7, 11) is 1.69. The summed E-state index contributed by atoms with van der Waals surface area (Å²) in [6.07, 6.45) is -4.57. The van der Waals surface area contributed by atoms with Crippen LogP contribution in [0.3, 0.4) is 0 Å². The highest BCUT2D eigenvalue weighted by molar-refractivity contribution is 6.10. The summed E-state index contributed by atoms with van der Waals surface area (Å²) < 4.78 is 41.6. The summed E-state index contributed by atoms with van der Waals surface area (Å²) in [6, 6.07) is 28.5. The number of hydrogen-bond donors (Lipinski definition) is 0. The molecular weight excluding hydrogens is 716 g/mol. The van der Waals surface area contributed by atoms with Crippen LogP contribution >= 0.6 is 0 Å². The Bertz CT molecular complexity index is 2030. The highest BCUT2D eigenvalue weighted by Gasteiger charge is 2.50. The number of fused-ring (bicyclic) bond motifs is 2. The Kier molecular flexibility index (Phi) is 10.2. The van der Waals surface area contributed by atoms with Gasteiger partial charge in [0, 0.05) is 89.5 Å². The van der Waals surface area contributed by atoms with Gasteiger partial charge < -0.3 is 9.80 Å². The van der Waals surface area contributed by atoms with Crippen LogP contribution in [0, 0.1) is 19.8 Å². The summed E-state index contributed by atoms with van der Waals surface area (Å²) in [5, 5.41) is 0. The van der Waals surface area contributed by atoms with Crippen molar-refractivity contribution in [1.82, 2.24) is 19.7 Å². The molecule has 3 aromatic carbocycles. The zero-order chi connectivity index (χ0) is 39.4. The maximum absolute atomic E-state index is 14.3. The molecule has 0 unspecified atom stereocenters. The molecule has 294 valence electrons. The van der Waals surface area contributed by atoms with E-state index in [2.05, 4.69) is 92.2 Å². The van der Waals surface area contributed by atoms with Gasteiger partial charge in [0.15, 0.2) is 0 Å². The molecule has 3 saturated heterocycles. The van der Waals surface area contributed by atoms with Crippen molar-refractivity contribution in [1.29, 1.82) is 0 Å². The first-order valence-electron chi connectivity index (χ1n) is 19.6. The number of benzene rings is 3. The van der Waals surface area contributed by atoms with E-state index in [1.54, 1.807) is 11.9 Å². The van der Waals surface area contributed by atoms with Crippen LogP contribution in [0.5, 0.6) is 0 Å². The van der Waals surface area contributed by atoms with E-state index in [0.29, 0.717) is 13.1 Å². The lowest BCUT2D eigenvalue weighted by molar-refractivity contribution is -0.137. The summed E-state index contributed by atoms with van der Waals surface area (Å²) in [6.45, 7) is 13.6. The maximum atomic E-state index is 14.3. The fourth-order valence-electron chi connectivity index (χ4n) is 9.57. The van der Waals surface area contributed by atoms with E-state index in [4.69, 9.17) is 0 Å². The number of carbonyl (C=O) groups excluding carboxylic acids is 2. The largest absolute Gasteiger partial charge is 0.416 e. The third-order valence-electron chi connectivity index (χ3n) is 12.4. The minimum atomic E-state index is -4.62. The van der Waals surface area contributed by atoms with Gasteiger partial charge in [0.05, 0.1) is 23.0 Å². The number of pyridine rings is 1. The van der Waals surface area contributed by atoms with Crippen LogP contribution in [0.1, 0.15) is 47.3 Å². The minimum Gasteiger partial charge on any atom is -0.368 e. The lowest BCUT2D eigenvalue weighted by atomic mass is 9.84. The van der Waals surface area contributed by atoms with E-state index in [-0.39, 0.29) is 35.4 Å². The summed E-state index contributed by atoms with van der Waals surface area (Å²) >= 11 is 0. The van der Waals surface area contributed by atoms with Crippen molar-refractivity contribution in [3.63, 3.8) is 0 Å². The van der Waals surface area contributed by atoms with Gasteiger partial charge in [0.1, 0.15) is 11.9 Å². The van der Waals surface area contributed by atoms with E-state index in [0.717, 1.165) is 74.9 Å². The molecule has 0 aliphatic carbocycles. The molecule has 9 nitrogen and oxygen atoms in total. The number of anilines is 3. The monoisotopic (exact) mass is 765 g/mol. The number of alkyl halides is 3. The van der Waals surface area contributed by atoms with Crippen LogP contribution in [0.25, 0.3) is 0 Å². The number of carbonyl (C=O) groups is 2. The van der Waals surface area contributed by atoms with E-state index in [9.17, 15) is 22.8 Å². The molecule has 1 aromatic heterocycles. The Labute approximate surface area is 327 Å². The Hall–Kier alpha value is -4.78. The predicted octanol–water partition coefficient (Wildman–Crippen LogP) is 6.40. The number of para-hydroxylation sites is 1. The number of likely N-dealkylation sites (N-methyl/N-ethyl adjacent to an activating group) is 1. The average molecular weight is 766 g/mol. The lowest BCUT2D eigenvalue weighted by Gasteiger charge is -2.58. The molecule has 3 fully saturated rings. The molecule has 4 aliphatic rings. The smallest absolute Gasteiger partial charge is 0.368 e. The normalized spacial score (nSPS) is 22.2. The zero-order valence-electron chi connectivity index (χ0n) is 32.5.